The maximum atomic E-state index is 12.7. The zero-order valence-corrected chi connectivity index (χ0v) is 17.8. The van der Waals surface area contributed by atoms with Gasteiger partial charge in [0.2, 0.25) is 0 Å². The lowest BCUT2D eigenvalue weighted by molar-refractivity contribution is 0.0527. The first-order chi connectivity index (χ1) is 14.3. The number of hydrogen-bond acceptors (Lipinski definition) is 7. The molecule has 30 heavy (non-hydrogen) atoms. The second kappa shape index (κ2) is 8.91. The third-order valence-corrected chi connectivity index (χ3v) is 5.69. The molecule has 0 saturated carbocycles. The number of esters is 1. The van der Waals surface area contributed by atoms with E-state index in [4.69, 9.17) is 9.47 Å². The molecule has 0 bridgehead atoms. The SMILES string of the molecule is CCOC(=O)c1c(NC(=O)c2cc(-c3ccc(OC)cc3)n[nH]2)sc(C(C)=O)c1C. The summed E-state index contributed by atoms with van der Waals surface area (Å²) in [6, 6.07) is 8.86. The molecule has 0 unspecified atom stereocenters. The van der Waals surface area contributed by atoms with Crippen molar-refractivity contribution in [3.05, 3.63) is 52.0 Å². The van der Waals surface area contributed by atoms with Gasteiger partial charge < -0.3 is 14.8 Å². The first-order valence-corrected chi connectivity index (χ1v) is 10.00. The highest BCUT2D eigenvalue weighted by Crippen LogP contribution is 2.34. The predicted molar refractivity (Wildman–Crippen MR) is 114 cm³/mol. The largest absolute Gasteiger partial charge is 0.497 e. The molecule has 0 aliphatic heterocycles. The summed E-state index contributed by atoms with van der Waals surface area (Å²) in [7, 11) is 1.58. The smallest absolute Gasteiger partial charge is 0.341 e. The van der Waals surface area contributed by atoms with Gasteiger partial charge in [0.25, 0.3) is 5.91 Å². The van der Waals surface area contributed by atoms with Crippen molar-refractivity contribution in [2.45, 2.75) is 20.8 Å². The Morgan fingerprint density at radius 2 is 1.90 bits per heavy atom. The molecule has 0 fully saturated rings. The van der Waals surface area contributed by atoms with Crippen LogP contribution in [0.25, 0.3) is 11.3 Å². The molecule has 1 aromatic carbocycles. The van der Waals surface area contributed by atoms with Crippen molar-refractivity contribution < 1.29 is 23.9 Å². The number of anilines is 1. The molecule has 2 N–H and O–H groups in total. The Hall–Kier alpha value is -3.46. The Kier molecular flexibility index (Phi) is 6.31. The topological polar surface area (TPSA) is 110 Å². The summed E-state index contributed by atoms with van der Waals surface area (Å²) in [6.45, 7) is 4.94. The molecule has 0 atom stereocenters. The van der Waals surface area contributed by atoms with Gasteiger partial charge >= 0.3 is 5.97 Å². The van der Waals surface area contributed by atoms with Crippen LogP contribution in [-0.4, -0.2) is 41.6 Å². The van der Waals surface area contributed by atoms with Crippen molar-refractivity contribution in [1.29, 1.82) is 0 Å². The molecule has 2 heterocycles. The molecule has 3 rings (SSSR count). The molecule has 0 saturated heterocycles. The minimum absolute atomic E-state index is 0.183. The molecule has 8 nitrogen and oxygen atoms in total. The molecular weight excluding hydrogens is 406 g/mol. The van der Waals surface area contributed by atoms with E-state index in [1.54, 1.807) is 39.2 Å². The van der Waals surface area contributed by atoms with Gasteiger partial charge in [-0.2, -0.15) is 5.10 Å². The average Bonchev–Trinajstić information content (AvgIpc) is 3.33. The lowest BCUT2D eigenvalue weighted by Crippen LogP contribution is -2.15. The van der Waals surface area contributed by atoms with E-state index in [1.807, 2.05) is 12.1 Å². The van der Waals surface area contributed by atoms with Gasteiger partial charge in [0.05, 0.1) is 29.9 Å². The van der Waals surface area contributed by atoms with Gasteiger partial charge in [-0.1, -0.05) is 0 Å². The van der Waals surface area contributed by atoms with Crippen molar-refractivity contribution in [2.24, 2.45) is 0 Å². The first kappa shape index (κ1) is 21.3. The minimum Gasteiger partial charge on any atom is -0.497 e. The number of amides is 1. The Labute approximate surface area is 177 Å². The van der Waals surface area contributed by atoms with Crippen molar-refractivity contribution in [1.82, 2.24) is 10.2 Å². The van der Waals surface area contributed by atoms with Crippen LogP contribution in [0.15, 0.2) is 30.3 Å². The van der Waals surface area contributed by atoms with Crippen molar-refractivity contribution in [2.75, 3.05) is 19.0 Å². The van der Waals surface area contributed by atoms with Gasteiger partial charge in [0.1, 0.15) is 16.4 Å². The number of ether oxygens (including phenoxy) is 2. The highest BCUT2D eigenvalue weighted by molar-refractivity contribution is 7.18. The summed E-state index contributed by atoms with van der Waals surface area (Å²) in [5.41, 5.74) is 2.29. The zero-order valence-electron chi connectivity index (χ0n) is 17.0. The minimum atomic E-state index is -0.586. The number of thiophene rings is 1. The Bertz CT molecular complexity index is 1100. The summed E-state index contributed by atoms with van der Waals surface area (Å²) in [5, 5.41) is 9.84. The number of methoxy groups -OCH3 is 1. The predicted octanol–water partition coefficient (Wildman–Crippen LogP) is 4.09. The van der Waals surface area contributed by atoms with Crippen LogP contribution in [-0.2, 0) is 4.74 Å². The van der Waals surface area contributed by atoms with E-state index >= 15 is 0 Å². The number of rotatable bonds is 7. The zero-order chi connectivity index (χ0) is 21.8. The van der Waals surface area contributed by atoms with E-state index < -0.39 is 11.9 Å². The summed E-state index contributed by atoms with van der Waals surface area (Å²) < 4.78 is 10.2. The van der Waals surface area contributed by atoms with Crippen LogP contribution >= 0.6 is 11.3 Å². The third kappa shape index (κ3) is 4.25. The van der Waals surface area contributed by atoms with E-state index in [2.05, 4.69) is 15.5 Å². The molecule has 0 spiro atoms. The van der Waals surface area contributed by atoms with Gasteiger partial charge in [-0.3, -0.25) is 14.7 Å². The monoisotopic (exact) mass is 427 g/mol. The Morgan fingerprint density at radius 1 is 1.20 bits per heavy atom. The lowest BCUT2D eigenvalue weighted by atomic mass is 10.1. The number of carbonyl (C=O) groups is 3. The number of ketones is 1. The Balaban J connectivity index is 1.87. The lowest BCUT2D eigenvalue weighted by Gasteiger charge is -2.06. The van der Waals surface area contributed by atoms with E-state index in [1.165, 1.54) is 6.92 Å². The van der Waals surface area contributed by atoms with Gasteiger partial charge in [0, 0.05) is 5.56 Å². The fourth-order valence-electron chi connectivity index (χ4n) is 2.90. The molecule has 0 radical (unpaired) electrons. The summed E-state index contributed by atoms with van der Waals surface area (Å²) in [5.74, 6) is -0.540. The third-order valence-electron chi connectivity index (χ3n) is 4.38. The van der Waals surface area contributed by atoms with Crippen LogP contribution in [0.1, 0.15) is 49.9 Å². The highest BCUT2D eigenvalue weighted by atomic mass is 32.1. The second-order valence-corrected chi connectivity index (χ2v) is 7.41. The van der Waals surface area contributed by atoms with Crippen LogP contribution < -0.4 is 10.1 Å². The number of Topliss-reactive ketones (excluding diaryl/α,β-unsaturated/α-hetero) is 1. The van der Waals surface area contributed by atoms with Crippen LogP contribution in [0.4, 0.5) is 5.00 Å². The molecular formula is C21H21N3O5S. The molecule has 0 aliphatic rings. The van der Waals surface area contributed by atoms with Crippen molar-refractivity contribution >= 4 is 34.0 Å². The second-order valence-electron chi connectivity index (χ2n) is 6.39. The maximum Gasteiger partial charge on any atom is 0.341 e. The Morgan fingerprint density at radius 3 is 2.50 bits per heavy atom. The van der Waals surface area contributed by atoms with Crippen LogP contribution in [0.2, 0.25) is 0 Å². The van der Waals surface area contributed by atoms with E-state index in [0.717, 1.165) is 16.9 Å². The maximum absolute atomic E-state index is 12.7. The number of H-pyrrole nitrogens is 1. The van der Waals surface area contributed by atoms with Crippen molar-refractivity contribution in [3.63, 3.8) is 0 Å². The normalized spacial score (nSPS) is 10.5. The fourth-order valence-corrected chi connectivity index (χ4v) is 3.99. The van der Waals surface area contributed by atoms with Crippen LogP contribution in [0.3, 0.4) is 0 Å². The van der Waals surface area contributed by atoms with Crippen LogP contribution in [0.5, 0.6) is 5.75 Å². The number of nitrogens with zero attached hydrogens (tertiary/aromatic N) is 1. The van der Waals surface area contributed by atoms with Gasteiger partial charge in [-0.25, -0.2) is 4.79 Å². The van der Waals surface area contributed by atoms with Gasteiger partial charge in [-0.15, -0.1) is 11.3 Å². The van der Waals surface area contributed by atoms with Gasteiger partial charge in [0.15, 0.2) is 5.78 Å². The summed E-state index contributed by atoms with van der Waals surface area (Å²) in [6.07, 6.45) is 0. The number of aromatic amines is 1. The number of hydrogen-bond donors (Lipinski definition) is 2. The first-order valence-electron chi connectivity index (χ1n) is 9.18. The van der Waals surface area contributed by atoms with E-state index in [-0.39, 0.29) is 28.6 Å². The molecule has 0 aliphatic carbocycles. The number of nitrogens with one attached hydrogen (secondary N) is 2. The summed E-state index contributed by atoms with van der Waals surface area (Å²) >= 11 is 1.05. The standard InChI is InChI=1S/C21H21N3O5S/c1-5-29-21(27)17-11(2)18(12(3)25)30-20(17)22-19(26)16-10-15(23-24-16)13-6-8-14(28-4)9-7-13/h6-10H,5H2,1-4H3,(H,22,26)(H,23,24). The molecule has 9 heteroatoms. The van der Waals surface area contributed by atoms with E-state index in [9.17, 15) is 14.4 Å². The average molecular weight is 427 g/mol. The fraction of sp³-hybridized carbons (Fsp3) is 0.238. The summed E-state index contributed by atoms with van der Waals surface area (Å²) in [4.78, 5) is 37.4. The molecule has 3 aromatic rings. The molecule has 2 aromatic heterocycles. The molecule has 1 amide bonds. The number of carbonyl (C=O) groups excluding carboxylic acids is 3. The highest BCUT2D eigenvalue weighted by Gasteiger charge is 2.26. The number of benzene rings is 1. The quantitative estimate of drug-likeness (QED) is 0.434. The van der Waals surface area contributed by atoms with Gasteiger partial charge in [-0.05, 0) is 56.7 Å². The number of aromatic nitrogens is 2. The molecule has 156 valence electrons. The van der Waals surface area contributed by atoms with Crippen molar-refractivity contribution in [3.8, 4) is 17.0 Å². The van der Waals surface area contributed by atoms with Crippen LogP contribution in [0, 0.1) is 6.92 Å². The van der Waals surface area contributed by atoms with E-state index in [0.29, 0.717) is 21.9 Å².